The maximum atomic E-state index is 4.33. The van der Waals surface area contributed by atoms with Crippen molar-refractivity contribution in [1.29, 1.82) is 0 Å². The van der Waals surface area contributed by atoms with Gasteiger partial charge < -0.3 is 0 Å². The van der Waals surface area contributed by atoms with Crippen LogP contribution in [0.4, 0.5) is 0 Å². The standard InChI is InChI=1S/C21H28/c1-6-7-10-16(3)18(5)21-14-20(13-17(21)4)19-11-8-9-15(2)12-19/h8-9,11-14,18,21H,3,6-7,10H2,1-2,4-5H3. The summed E-state index contributed by atoms with van der Waals surface area (Å²) in [4.78, 5) is 0. The predicted molar refractivity (Wildman–Crippen MR) is 94.2 cm³/mol. The molecule has 1 aliphatic rings. The molecule has 0 aromatic heterocycles. The number of allylic oxidation sites excluding steroid dienone is 5. The lowest BCUT2D eigenvalue weighted by atomic mass is 9.83. The Morgan fingerprint density at radius 3 is 2.71 bits per heavy atom. The molecule has 0 saturated heterocycles. The molecule has 1 aromatic rings. The van der Waals surface area contributed by atoms with E-state index >= 15 is 0 Å². The molecule has 2 atom stereocenters. The summed E-state index contributed by atoms with van der Waals surface area (Å²) in [7, 11) is 0. The molecule has 0 heterocycles. The molecule has 0 fully saturated rings. The van der Waals surface area contributed by atoms with E-state index in [-0.39, 0.29) is 0 Å². The molecule has 0 radical (unpaired) electrons. The van der Waals surface area contributed by atoms with Crippen molar-refractivity contribution in [3.8, 4) is 0 Å². The maximum Gasteiger partial charge on any atom is 0.00493 e. The van der Waals surface area contributed by atoms with Crippen LogP contribution in [-0.4, -0.2) is 0 Å². The quantitative estimate of drug-likeness (QED) is 0.533. The van der Waals surface area contributed by atoms with E-state index in [4.69, 9.17) is 0 Å². The zero-order valence-electron chi connectivity index (χ0n) is 13.9. The Labute approximate surface area is 130 Å². The number of benzene rings is 1. The molecule has 0 amide bonds. The third kappa shape index (κ3) is 3.75. The van der Waals surface area contributed by atoms with Crippen LogP contribution >= 0.6 is 0 Å². The molecule has 0 aliphatic heterocycles. The van der Waals surface area contributed by atoms with Gasteiger partial charge in [0, 0.05) is 5.92 Å². The van der Waals surface area contributed by atoms with Crippen LogP contribution in [0.2, 0.25) is 0 Å². The van der Waals surface area contributed by atoms with Gasteiger partial charge in [-0.1, -0.05) is 80.0 Å². The van der Waals surface area contributed by atoms with E-state index in [9.17, 15) is 0 Å². The van der Waals surface area contributed by atoms with Crippen molar-refractivity contribution in [1.82, 2.24) is 0 Å². The highest BCUT2D eigenvalue weighted by molar-refractivity contribution is 5.78. The molecule has 0 saturated carbocycles. The van der Waals surface area contributed by atoms with Gasteiger partial charge in [0.1, 0.15) is 0 Å². The van der Waals surface area contributed by atoms with Gasteiger partial charge in [-0.05, 0) is 43.7 Å². The van der Waals surface area contributed by atoms with Crippen molar-refractivity contribution in [2.75, 3.05) is 0 Å². The van der Waals surface area contributed by atoms with Crippen molar-refractivity contribution >= 4 is 5.57 Å². The lowest BCUT2D eigenvalue weighted by molar-refractivity contribution is 0.533. The second-order valence-corrected chi connectivity index (χ2v) is 6.46. The van der Waals surface area contributed by atoms with Crippen LogP contribution in [0.5, 0.6) is 0 Å². The lowest BCUT2D eigenvalue weighted by Crippen LogP contribution is -2.11. The van der Waals surface area contributed by atoms with E-state index < -0.39 is 0 Å². The number of hydrogen-bond donors (Lipinski definition) is 0. The van der Waals surface area contributed by atoms with Gasteiger partial charge in [0.15, 0.2) is 0 Å². The molecule has 0 nitrogen and oxygen atoms in total. The topological polar surface area (TPSA) is 0 Å². The first-order chi connectivity index (χ1) is 10.0. The van der Waals surface area contributed by atoms with Gasteiger partial charge >= 0.3 is 0 Å². The molecule has 2 unspecified atom stereocenters. The van der Waals surface area contributed by atoms with Gasteiger partial charge in [-0.25, -0.2) is 0 Å². The van der Waals surface area contributed by atoms with Crippen molar-refractivity contribution in [2.45, 2.75) is 47.0 Å². The molecule has 112 valence electrons. The average molecular weight is 280 g/mol. The van der Waals surface area contributed by atoms with Crippen molar-refractivity contribution in [3.05, 3.63) is 65.3 Å². The third-order valence-corrected chi connectivity index (χ3v) is 4.65. The Morgan fingerprint density at radius 2 is 2.05 bits per heavy atom. The highest BCUT2D eigenvalue weighted by atomic mass is 14.3. The largest absolute Gasteiger partial charge is 0.0996 e. The van der Waals surface area contributed by atoms with Gasteiger partial charge in [0.25, 0.3) is 0 Å². The Hall–Kier alpha value is -1.56. The fourth-order valence-electron chi connectivity index (χ4n) is 3.14. The van der Waals surface area contributed by atoms with Crippen LogP contribution < -0.4 is 0 Å². The van der Waals surface area contributed by atoms with Crippen LogP contribution in [0, 0.1) is 18.8 Å². The highest BCUT2D eigenvalue weighted by Gasteiger charge is 2.24. The Bertz CT molecular complexity index is 571. The molecule has 0 heteroatoms. The van der Waals surface area contributed by atoms with E-state index in [0.717, 1.165) is 6.42 Å². The van der Waals surface area contributed by atoms with Gasteiger partial charge in [-0.15, -0.1) is 0 Å². The average Bonchev–Trinajstić information content (AvgIpc) is 2.86. The summed E-state index contributed by atoms with van der Waals surface area (Å²) >= 11 is 0. The van der Waals surface area contributed by atoms with E-state index in [1.807, 2.05) is 0 Å². The minimum absolute atomic E-state index is 0.518. The summed E-state index contributed by atoms with van der Waals surface area (Å²) in [6.07, 6.45) is 8.45. The number of rotatable bonds is 6. The smallest absolute Gasteiger partial charge is 0.00493 e. The van der Waals surface area contributed by atoms with Gasteiger partial charge in [0.05, 0.1) is 0 Å². The van der Waals surface area contributed by atoms with E-state index in [1.165, 1.54) is 40.7 Å². The van der Waals surface area contributed by atoms with Crippen molar-refractivity contribution in [3.63, 3.8) is 0 Å². The van der Waals surface area contributed by atoms with Crippen LogP contribution in [0.25, 0.3) is 5.57 Å². The Kier molecular flexibility index (Phi) is 5.22. The molecular formula is C21H28. The second-order valence-electron chi connectivity index (χ2n) is 6.46. The highest BCUT2D eigenvalue weighted by Crippen LogP contribution is 2.38. The summed E-state index contributed by atoms with van der Waals surface area (Å²) in [5, 5.41) is 0. The zero-order valence-corrected chi connectivity index (χ0v) is 13.9. The van der Waals surface area contributed by atoms with E-state index in [0.29, 0.717) is 11.8 Å². The number of unbranched alkanes of at least 4 members (excludes halogenated alkanes) is 1. The number of aryl methyl sites for hydroxylation is 1. The minimum atomic E-state index is 0.518. The summed E-state index contributed by atoms with van der Waals surface area (Å²) < 4.78 is 0. The molecule has 0 bridgehead atoms. The molecule has 0 spiro atoms. The van der Waals surface area contributed by atoms with Gasteiger partial charge in [0.2, 0.25) is 0 Å². The zero-order chi connectivity index (χ0) is 15.4. The van der Waals surface area contributed by atoms with Crippen LogP contribution in [0.15, 0.2) is 54.1 Å². The first-order valence-electron chi connectivity index (χ1n) is 8.17. The predicted octanol–water partition coefficient (Wildman–Crippen LogP) is 6.34. The molecule has 1 aromatic carbocycles. The third-order valence-electron chi connectivity index (χ3n) is 4.65. The summed E-state index contributed by atoms with van der Waals surface area (Å²) in [5.74, 6) is 1.06. The van der Waals surface area contributed by atoms with Crippen LogP contribution in [-0.2, 0) is 0 Å². The Morgan fingerprint density at radius 1 is 1.29 bits per heavy atom. The lowest BCUT2D eigenvalue weighted by Gasteiger charge is -2.22. The SMILES string of the molecule is C=C(CCCC)C(C)C1C=C(c2cccc(C)c2)C=C1C. The van der Waals surface area contributed by atoms with E-state index in [2.05, 4.69) is 70.7 Å². The summed E-state index contributed by atoms with van der Waals surface area (Å²) in [5.41, 5.74) is 6.90. The molecule has 21 heavy (non-hydrogen) atoms. The van der Waals surface area contributed by atoms with Crippen molar-refractivity contribution in [2.24, 2.45) is 11.8 Å². The number of hydrogen-bond acceptors (Lipinski definition) is 0. The minimum Gasteiger partial charge on any atom is -0.0996 e. The Balaban J connectivity index is 2.16. The van der Waals surface area contributed by atoms with Gasteiger partial charge in [-0.2, -0.15) is 0 Å². The maximum absolute atomic E-state index is 4.33. The van der Waals surface area contributed by atoms with Gasteiger partial charge in [-0.3, -0.25) is 0 Å². The monoisotopic (exact) mass is 280 g/mol. The first kappa shape index (κ1) is 15.8. The summed E-state index contributed by atoms with van der Waals surface area (Å²) in [6, 6.07) is 8.78. The van der Waals surface area contributed by atoms with Crippen LogP contribution in [0.1, 0.15) is 51.2 Å². The van der Waals surface area contributed by atoms with Crippen LogP contribution in [0.3, 0.4) is 0 Å². The molecule has 2 rings (SSSR count). The molecule has 1 aliphatic carbocycles. The first-order valence-corrected chi connectivity index (χ1v) is 8.17. The van der Waals surface area contributed by atoms with E-state index in [1.54, 1.807) is 0 Å². The molecule has 0 N–H and O–H groups in total. The fraction of sp³-hybridized carbons (Fsp3) is 0.429. The fourth-order valence-corrected chi connectivity index (χ4v) is 3.14. The van der Waals surface area contributed by atoms with Crippen molar-refractivity contribution < 1.29 is 0 Å². The normalized spacial score (nSPS) is 19.1. The second kappa shape index (κ2) is 6.93. The summed E-state index contributed by atoms with van der Waals surface area (Å²) in [6.45, 7) is 13.3. The molecular weight excluding hydrogens is 252 g/mol.